The summed E-state index contributed by atoms with van der Waals surface area (Å²) in [7, 11) is 0. The van der Waals surface area contributed by atoms with Crippen LogP contribution in [0.15, 0.2) is 78.0 Å². The number of carbonyl (C=O) groups is 1. The van der Waals surface area contributed by atoms with Crippen molar-refractivity contribution >= 4 is 40.7 Å². The monoisotopic (exact) mass is 507 g/mol. The van der Waals surface area contributed by atoms with Crippen LogP contribution in [0.4, 0.5) is 13.2 Å². The van der Waals surface area contributed by atoms with Gasteiger partial charge in [0.25, 0.3) is 0 Å². The Labute approximate surface area is 201 Å². The standard InChI is InChI=1S/C23H14Cl2F3N3OS/c24-18-10-3-1-8-16(18)20(32)13-33-22-30-29-21(17-9-2-4-11-19(17)25)31(22)15-7-5-6-14(12-15)23(26,27)28/h1-12H,13H2. The topological polar surface area (TPSA) is 47.8 Å². The molecule has 0 spiro atoms. The lowest BCUT2D eigenvalue weighted by Crippen LogP contribution is -2.08. The van der Waals surface area contributed by atoms with Crippen molar-refractivity contribution in [2.75, 3.05) is 5.75 Å². The second kappa shape index (κ2) is 9.59. The van der Waals surface area contributed by atoms with E-state index in [9.17, 15) is 18.0 Å². The molecule has 10 heteroatoms. The Morgan fingerprint density at radius 2 is 1.61 bits per heavy atom. The summed E-state index contributed by atoms with van der Waals surface area (Å²) in [4.78, 5) is 12.7. The van der Waals surface area contributed by atoms with E-state index in [4.69, 9.17) is 23.2 Å². The molecule has 0 atom stereocenters. The minimum atomic E-state index is -4.53. The smallest absolute Gasteiger partial charge is 0.293 e. The minimum absolute atomic E-state index is 0.0383. The normalized spacial score (nSPS) is 11.5. The average molecular weight is 508 g/mol. The van der Waals surface area contributed by atoms with Crippen molar-refractivity contribution < 1.29 is 18.0 Å². The van der Waals surface area contributed by atoms with Gasteiger partial charge in [-0.25, -0.2) is 0 Å². The highest BCUT2D eigenvalue weighted by Crippen LogP contribution is 2.35. The highest BCUT2D eigenvalue weighted by Gasteiger charge is 2.31. The fourth-order valence-electron chi connectivity index (χ4n) is 3.13. The molecule has 0 N–H and O–H groups in total. The second-order valence-corrected chi connectivity index (χ2v) is 8.62. The number of thioether (sulfide) groups is 1. The molecule has 0 saturated heterocycles. The molecule has 0 aliphatic rings. The van der Waals surface area contributed by atoms with Gasteiger partial charge in [0.15, 0.2) is 16.8 Å². The summed E-state index contributed by atoms with van der Waals surface area (Å²) < 4.78 is 41.5. The zero-order valence-electron chi connectivity index (χ0n) is 16.7. The Morgan fingerprint density at radius 1 is 0.909 bits per heavy atom. The molecule has 0 aliphatic carbocycles. The molecular formula is C23H14Cl2F3N3OS. The SMILES string of the molecule is O=C(CSc1nnc(-c2ccccc2Cl)n1-c1cccc(C(F)(F)F)c1)c1ccccc1Cl. The van der Waals surface area contributed by atoms with Gasteiger partial charge in [0.1, 0.15) is 0 Å². The van der Waals surface area contributed by atoms with Gasteiger partial charge in [-0.15, -0.1) is 10.2 Å². The molecule has 3 aromatic carbocycles. The number of carbonyl (C=O) groups excluding carboxylic acids is 1. The number of benzene rings is 3. The molecule has 0 unspecified atom stereocenters. The lowest BCUT2D eigenvalue weighted by molar-refractivity contribution is -0.137. The van der Waals surface area contributed by atoms with Crippen molar-refractivity contribution in [2.45, 2.75) is 11.3 Å². The number of halogens is 5. The van der Waals surface area contributed by atoms with E-state index in [0.717, 1.165) is 23.9 Å². The maximum Gasteiger partial charge on any atom is 0.416 e. The third-order valence-electron chi connectivity index (χ3n) is 4.69. The van der Waals surface area contributed by atoms with E-state index in [1.165, 1.54) is 16.7 Å². The maximum atomic E-state index is 13.4. The number of hydrogen-bond acceptors (Lipinski definition) is 4. The minimum Gasteiger partial charge on any atom is -0.293 e. The van der Waals surface area contributed by atoms with Gasteiger partial charge < -0.3 is 0 Å². The second-order valence-electron chi connectivity index (χ2n) is 6.86. The maximum absolute atomic E-state index is 13.4. The van der Waals surface area contributed by atoms with Crippen molar-refractivity contribution in [2.24, 2.45) is 0 Å². The van der Waals surface area contributed by atoms with E-state index in [-0.39, 0.29) is 28.2 Å². The fourth-order valence-corrected chi connectivity index (χ4v) is 4.43. The summed E-state index contributed by atoms with van der Waals surface area (Å²) in [5.41, 5.74) is 0.218. The molecule has 0 amide bonds. The van der Waals surface area contributed by atoms with E-state index in [2.05, 4.69) is 10.2 Å². The van der Waals surface area contributed by atoms with Crippen LogP contribution in [-0.4, -0.2) is 26.3 Å². The molecule has 0 fully saturated rings. The number of aromatic nitrogens is 3. The summed E-state index contributed by atoms with van der Waals surface area (Å²) in [5.74, 6) is -0.0281. The van der Waals surface area contributed by atoms with Gasteiger partial charge in [-0.2, -0.15) is 13.2 Å². The first kappa shape index (κ1) is 23.4. The van der Waals surface area contributed by atoms with Crippen molar-refractivity contribution in [1.29, 1.82) is 0 Å². The largest absolute Gasteiger partial charge is 0.416 e. The Bertz CT molecular complexity index is 1320. The van der Waals surface area contributed by atoms with Crippen molar-refractivity contribution in [3.63, 3.8) is 0 Å². The van der Waals surface area contributed by atoms with E-state index < -0.39 is 11.7 Å². The molecule has 168 valence electrons. The molecule has 1 heterocycles. The van der Waals surface area contributed by atoms with Crippen molar-refractivity contribution in [1.82, 2.24) is 14.8 Å². The Kier molecular flexibility index (Phi) is 6.78. The average Bonchev–Trinajstić information content (AvgIpc) is 3.21. The number of ketones is 1. The number of hydrogen-bond donors (Lipinski definition) is 0. The van der Waals surface area contributed by atoms with Crippen LogP contribution in [0.3, 0.4) is 0 Å². The summed E-state index contributed by atoms with van der Waals surface area (Å²) in [6.07, 6.45) is -4.53. The Balaban J connectivity index is 1.76. The van der Waals surface area contributed by atoms with E-state index in [0.29, 0.717) is 21.2 Å². The third-order valence-corrected chi connectivity index (χ3v) is 6.27. The van der Waals surface area contributed by atoms with Crippen LogP contribution < -0.4 is 0 Å². The van der Waals surface area contributed by atoms with Gasteiger partial charge in [0.05, 0.1) is 27.0 Å². The van der Waals surface area contributed by atoms with E-state index >= 15 is 0 Å². The Hall–Kier alpha value is -2.81. The first-order valence-corrected chi connectivity index (χ1v) is 11.3. The van der Waals surface area contributed by atoms with Crippen LogP contribution in [0, 0.1) is 0 Å². The number of nitrogens with zero attached hydrogens (tertiary/aromatic N) is 3. The first-order chi connectivity index (χ1) is 15.8. The molecule has 0 bridgehead atoms. The lowest BCUT2D eigenvalue weighted by atomic mass is 10.1. The molecule has 0 saturated carbocycles. The van der Waals surface area contributed by atoms with Crippen LogP contribution >= 0.6 is 35.0 Å². The molecule has 0 radical (unpaired) electrons. The molecule has 4 aromatic rings. The molecule has 4 rings (SSSR count). The van der Waals surface area contributed by atoms with E-state index in [1.807, 2.05) is 0 Å². The van der Waals surface area contributed by atoms with Crippen LogP contribution in [0.2, 0.25) is 10.0 Å². The van der Waals surface area contributed by atoms with Gasteiger partial charge in [0, 0.05) is 11.1 Å². The van der Waals surface area contributed by atoms with E-state index in [1.54, 1.807) is 48.5 Å². The summed E-state index contributed by atoms with van der Waals surface area (Å²) in [6, 6.07) is 18.2. The molecular weight excluding hydrogens is 494 g/mol. The van der Waals surface area contributed by atoms with Gasteiger partial charge in [0.2, 0.25) is 0 Å². The summed E-state index contributed by atoms with van der Waals surface area (Å²) in [6.45, 7) is 0. The zero-order chi connectivity index (χ0) is 23.6. The third kappa shape index (κ3) is 5.08. The molecule has 0 aliphatic heterocycles. The number of rotatable bonds is 6. The van der Waals surface area contributed by atoms with Gasteiger partial charge in [-0.1, -0.05) is 65.3 Å². The number of Topliss-reactive ketones (excluding diaryl/α,β-unsaturated/α-hetero) is 1. The number of alkyl halides is 3. The van der Waals surface area contributed by atoms with Crippen molar-refractivity contribution in [3.05, 3.63) is 94.0 Å². The van der Waals surface area contributed by atoms with Crippen LogP contribution in [0.5, 0.6) is 0 Å². The highest BCUT2D eigenvalue weighted by atomic mass is 35.5. The van der Waals surface area contributed by atoms with Crippen LogP contribution in [0.1, 0.15) is 15.9 Å². The zero-order valence-corrected chi connectivity index (χ0v) is 19.0. The highest BCUT2D eigenvalue weighted by molar-refractivity contribution is 7.99. The lowest BCUT2D eigenvalue weighted by Gasteiger charge is -2.13. The Morgan fingerprint density at radius 3 is 2.30 bits per heavy atom. The first-order valence-electron chi connectivity index (χ1n) is 9.54. The fraction of sp³-hybridized carbons (Fsp3) is 0.0870. The molecule has 1 aromatic heterocycles. The van der Waals surface area contributed by atoms with Crippen LogP contribution in [0.25, 0.3) is 17.1 Å². The predicted octanol–water partition coefficient (Wildman–Crippen LogP) is 7.23. The van der Waals surface area contributed by atoms with Gasteiger partial charge >= 0.3 is 6.18 Å². The summed E-state index contributed by atoms with van der Waals surface area (Å²) >= 11 is 13.5. The van der Waals surface area contributed by atoms with Crippen molar-refractivity contribution in [3.8, 4) is 17.1 Å². The molecule has 33 heavy (non-hydrogen) atoms. The quantitative estimate of drug-likeness (QED) is 0.204. The summed E-state index contributed by atoms with van der Waals surface area (Å²) in [5, 5.41) is 9.24. The van der Waals surface area contributed by atoms with Crippen LogP contribution in [-0.2, 0) is 6.18 Å². The predicted molar refractivity (Wildman–Crippen MR) is 123 cm³/mol. The van der Waals surface area contributed by atoms with Gasteiger partial charge in [-0.05, 0) is 42.5 Å². The molecule has 4 nitrogen and oxygen atoms in total. The van der Waals surface area contributed by atoms with Gasteiger partial charge in [-0.3, -0.25) is 9.36 Å².